The fourth-order valence-corrected chi connectivity index (χ4v) is 3.12. The van der Waals surface area contributed by atoms with Crippen LogP contribution in [0.5, 0.6) is 0 Å². The van der Waals surface area contributed by atoms with E-state index in [0.717, 1.165) is 6.42 Å². The molecule has 1 fully saturated rings. The normalized spacial score (nSPS) is 16.1. The summed E-state index contributed by atoms with van der Waals surface area (Å²) in [6, 6.07) is 9.26. The molecule has 1 aromatic heterocycles. The van der Waals surface area contributed by atoms with Gasteiger partial charge in [0.1, 0.15) is 5.82 Å². The largest absolute Gasteiger partial charge is 0.357 e. The van der Waals surface area contributed by atoms with Crippen molar-refractivity contribution in [3.8, 4) is 6.07 Å². The van der Waals surface area contributed by atoms with Crippen LogP contribution in [0, 0.1) is 23.0 Å². The summed E-state index contributed by atoms with van der Waals surface area (Å²) >= 11 is 0. The third-order valence-electron chi connectivity index (χ3n) is 4.49. The number of rotatable bonds is 5. The average molecular weight is 512 g/mol. The van der Waals surface area contributed by atoms with Crippen LogP contribution in [-0.4, -0.2) is 36.6 Å². The molecular formula is C20H23F2IN6. The third-order valence-corrected chi connectivity index (χ3v) is 4.49. The van der Waals surface area contributed by atoms with Crippen molar-refractivity contribution in [1.29, 1.82) is 5.26 Å². The van der Waals surface area contributed by atoms with Gasteiger partial charge in [-0.1, -0.05) is 0 Å². The predicted molar refractivity (Wildman–Crippen MR) is 119 cm³/mol. The second kappa shape index (κ2) is 10.9. The van der Waals surface area contributed by atoms with Crippen molar-refractivity contribution in [3.63, 3.8) is 0 Å². The molecule has 1 atom stereocenters. The molecule has 1 aliphatic heterocycles. The zero-order valence-corrected chi connectivity index (χ0v) is 18.4. The van der Waals surface area contributed by atoms with Gasteiger partial charge in [-0.05, 0) is 43.7 Å². The Morgan fingerprint density at radius 3 is 2.90 bits per heavy atom. The van der Waals surface area contributed by atoms with Crippen molar-refractivity contribution in [3.05, 3.63) is 59.3 Å². The van der Waals surface area contributed by atoms with Crippen LogP contribution in [0.2, 0.25) is 0 Å². The highest BCUT2D eigenvalue weighted by atomic mass is 127. The van der Waals surface area contributed by atoms with Crippen molar-refractivity contribution in [2.24, 2.45) is 4.99 Å². The Morgan fingerprint density at radius 2 is 2.17 bits per heavy atom. The zero-order valence-electron chi connectivity index (χ0n) is 16.0. The molecule has 6 nitrogen and oxygen atoms in total. The molecule has 29 heavy (non-hydrogen) atoms. The lowest BCUT2D eigenvalue weighted by Gasteiger charge is -2.20. The second-order valence-corrected chi connectivity index (χ2v) is 6.50. The smallest absolute Gasteiger partial charge is 0.191 e. The van der Waals surface area contributed by atoms with Gasteiger partial charge in [0, 0.05) is 37.4 Å². The highest BCUT2D eigenvalue weighted by molar-refractivity contribution is 14.0. The molecule has 2 aromatic rings. The fourth-order valence-electron chi connectivity index (χ4n) is 3.12. The lowest BCUT2D eigenvalue weighted by molar-refractivity contribution is 0.607. The Morgan fingerprint density at radius 1 is 1.34 bits per heavy atom. The SMILES string of the molecule is CCNC(=NCc1cc(C#N)ccc1F)NC1CCN(c2ncccc2F)C1.I. The number of halogens is 3. The predicted octanol–water partition coefficient (Wildman–Crippen LogP) is 3.18. The number of hydrogen-bond acceptors (Lipinski definition) is 4. The molecule has 1 aromatic carbocycles. The van der Waals surface area contributed by atoms with E-state index in [4.69, 9.17) is 5.26 Å². The van der Waals surface area contributed by atoms with E-state index in [1.54, 1.807) is 12.3 Å². The lowest BCUT2D eigenvalue weighted by atomic mass is 10.1. The van der Waals surface area contributed by atoms with Gasteiger partial charge >= 0.3 is 0 Å². The number of nitrogens with zero attached hydrogens (tertiary/aromatic N) is 4. The molecule has 0 amide bonds. The number of nitrogens with one attached hydrogen (secondary N) is 2. The molecule has 9 heteroatoms. The van der Waals surface area contributed by atoms with Gasteiger partial charge in [0.15, 0.2) is 17.6 Å². The van der Waals surface area contributed by atoms with Crippen molar-refractivity contribution in [2.75, 3.05) is 24.5 Å². The molecule has 0 spiro atoms. The first-order chi connectivity index (χ1) is 13.6. The van der Waals surface area contributed by atoms with Crippen molar-refractivity contribution >= 4 is 35.8 Å². The van der Waals surface area contributed by atoms with E-state index in [1.165, 1.54) is 24.3 Å². The molecule has 0 bridgehead atoms. The Bertz CT molecular complexity index is 899. The molecule has 1 aliphatic rings. The Hall–Kier alpha value is -2.48. The summed E-state index contributed by atoms with van der Waals surface area (Å²) in [6.07, 6.45) is 2.38. The molecule has 1 saturated heterocycles. The van der Waals surface area contributed by atoms with E-state index < -0.39 is 5.82 Å². The number of benzene rings is 1. The summed E-state index contributed by atoms with van der Waals surface area (Å²) in [4.78, 5) is 10.5. The molecule has 0 saturated carbocycles. The maximum atomic E-state index is 14.0. The highest BCUT2D eigenvalue weighted by Gasteiger charge is 2.25. The summed E-state index contributed by atoms with van der Waals surface area (Å²) in [6.45, 7) is 3.98. The zero-order chi connectivity index (χ0) is 19.9. The molecule has 0 aliphatic carbocycles. The quantitative estimate of drug-likeness (QED) is 0.366. The minimum Gasteiger partial charge on any atom is -0.357 e. The number of hydrogen-bond donors (Lipinski definition) is 2. The number of guanidine groups is 1. The maximum absolute atomic E-state index is 14.0. The summed E-state index contributed by atoms with van der Waals surface area (Å²) in [5.41, 5.74) is 0.758. The topological polar surface area (TPSA) is 76.3 Å². The number of pyridine rings is 1. The van der Waals surface area contributed by atoms with Gasteiger partial charge in [-0.15, -0.1) is 24.0 Å². The Balaban J connectivity index is 0.00000300. The summed E-state index contributed by atoms with van der Waals surface area (Å²) in [5, 5.41) is 15.4. The first-order valence-corrected chi connectivity index (χ1v) is 9.19. The molecule has 1 unspecified atom stereocenters. The van der Waals surface area contributed by atoms with Crippen LogP contribution in [0.25, 0.3) is 0 Å². The minimum atomic E-state index is -0.392. The Labute approximate surface area is 186 Å². The van der Waals surface area contributed by atoms with Crippen LogP contribution in [-0.2, 0) is 6.54 Å². The van der Waals surface area contributed by atoms with Gasteiger partial charge in [-0.25, -0.2) is 18.8 Å². The van der Waals surface area contributed by atoms with E-state index in [9.17, 15) is 8.78 Å². The Kier molecular flexibility index (Phi) is 8.57. The molecule has 3 rings (SSSR count). The van der Waals surface area contributed by atoms with Crippen molar-refractivity contribution < 1.29 is 8.78 Å². The molecule has 154 valence electrons. The van der Waals surface area contributed by atoms with Crippen LogP contribution >= 0.6 is 24.0 Å². The van der Waals surface area contributed by atoms with Gasteiger partial charge in [0.2, 0.25) is 0 Å². The van der Waals surface area contributed by atoms with Crippen LogP contribution in [0.15, 0.2) is 41.5 Å². The van der Waals surface area contributed by atoms with E-state index in [1.807, 2.05) is 17.9 Å². The second-order valence-electron chi connectivity index (χ2n) is 6.50. The summed E-state index contributed by atoms with van der Waals surface area (Å²) in [7, 11) is 0. The first kappa shape index (κ1) is 22.8. The van der Waals surface area contributed by atoms with E-state index in [-0.39, 0.29) is 42.4 Å². The highest BCUT2D eigenvalue weighted by Crippen LogP contribution is 2.20. The number of nitriles is 1. The number of aromatic nitrogens is 1. The molecule has 2 N–H and O–H groups in total. The van der Waals surface area contributed by atoms with Crippen LogP contribution in [0.3, 0.4) is 0 Å². The molecule has 0 radical (unpaired) electrons. The van der Waals surface area contributed by atoms with E-state index in [2.05, 4.69) is 20.6 Å². The molecular weight excluding hydrogens is 489 g/mol. The van der Waals surface area contributed by atoms with Crippen molar-refractivity contribution in [2.45, 2.75) is 25.9 Å². The lowest BCUT2D eigenvalue weighted by Crippen LogP contribution is -2.44. The van der Waals surface area contributed by atoms with Crippen LogP contribution in [0.4, 0.5) is 14.6 Å². The van der Waals surface area contributed by atoms with Crippen LogP contribution < -0.4 is 15.5 Å². The van der Waals surface area contributed by atoms with E-state index >= 15 is 0 Å². The van der Waals surface area contributed by atoms with Crippen molar-refractivity contribution in [1.82, 2.24) is 15.6 Å². The van der Waals surface area contributed by atoms with Crippen LogP contribution in [0.1, 0.15) is 24.5 Å². The standard InChI is InChI=1S/C20H22F2N6.HI/c1-2-24-20(26-12-15-10-14(11-23)5-6-17(15)21)27-16-7-9-28(13-16)19-18(22)4-3-8-25-19;/h3-6,8,10,16H,2,7,9,12-13H2,1H3,(H2,24,26,27);1H. The number of anilines is 1. The number of aliphatic imine (C=N–C) groups is 1. The third kappa shape index (κ3) is 6.00. The minimum absolute atomic E-state index is 0. The van der Waals surface area contributed by atoms with E-state index in [0.29, 0.717) is 42.5 Å². The average Bonchev–Trinajstić information content (AvgIpc) is 3.16. The summed E-state index contributed by atoms with van der Waals surface area (Å²) in [5.74, 6) is 0.176. The van der Waals surface area contributed by atoms with Gasteiger partial charge in [0.05, 0.1) is 18.2 Å². The first-order valence-electron chi connectivity index (χ1n) is 9.19. The van der Waals surface area contributed by atoms with Gasteiger partial charge in [0.25, 0.3) is 0 Å². The van der Waals surface area contributed by atoms with Gasteiger partial charge < -0.3 is 15.5 Å². The molecule has 2 heterocycles. The monoisotopic (exact) mass is 512 g/mol. The van der Waals surface area contributed by atoms with Gasteiger partial charge in [-0.2, -0.15) is 5.26 Å². The summed E-state index contributed by atoms with van der Waals surface area (Å²) < 4.78 is 27.9. The maximum Gasteiger partial charge on any atom is 0.191 e. The fraction of sp³-hybridized carbons (Fsp3) is 0.350. The van der Waals surface area contributed by atoms with Gasteiger partial charge in [-0.3, -0.25) is 0 Å².